The number of carbonyl (C=O) groups excluding carboxylic acids is 2. The van der Waals surface area contributed by atoms with Crippen molar-refractivity contribution >= 4 is 17.4 Å². The number of benzene rings is 2. The van der Waals surface area contributed by atoms with Gasteiger partial charge in [-0.05, 0) is 66.9 Å². The van der Waals surface area contributed by atoms with Crippen molar-refractivity contribution in [3.63, 3.8) is 0 Å². The minimum atomic E-state index is -0.915. The molecular formula is C26H24FNO5. The maximum absolute atomic E-state index is 13.3. The van der Waals surface area contributed by atoms with E-state index >= 15 is 0 Å². The third-order valence-corrected chi connectivity index (χ3v) is 5.53. The molecule has 1 N–H and O–H groups in total. The molecule has 0 bridgehead atoms. The molecule has 0 radical (unpaired) electrons. The summed E-state index contributed by atoms with van der Waals surface area (Å²) in [5.41, 5.74) is 1.78. The average molecular weight is 449 g/mol. The first kappa shape index (κ1) is 22.3. The van der Waals surface area contributed by atoms with E-state index in [0.717, 1.165) is 12.0 Å². The first-order chi connectivity index (χ1) is 15.9. The fourth-order valence-electron chi connectivity index (χ4n) is 3.90. The number of nitrogens with zero attached hydrogens (tertiary/aromatic N) is 1. The lowest BCUT2D eigenvalue weighted by Gasteiger charge is -2.23. The van der Waals surface area contributed by atoms with Gasteiger partial charge in [0.15, 0.2) is 0 Å². The Hall–Kier alpha value is -3.87. The number of carbonyl (C=O) groups is 2. The van der Waals surface area contributed by atoms with E-state index in [1.54, 1.807) is 42.5 Å². The number of rotatable bonds is 7. The van der Waals surface area contributed by atoms with Crippen LogP contribution in [0.1, 0.15) is 41.8 Å². The highest BCUT2D eigenvalue weighted by atomic mass is 19.1. The zero-order valence-electron chi connectivity index (χ0n) is 18.4. The van der Waals surface area contributed by atoms with Crippen LogP contribution in [0.4, 0.5) is 4.39 Å². The van der Waals surface area contributed by atoms with Gasteiger partial charge in [0.2, 0.25) is 0 Å². The normalized spacial score (nSPS) is 17.5. The van der Waals surface area contributed by atoms with Gasteiger partial charge in [0, 0.05) is 12.1 Å². The van der Waals surface area contributed by atoms with E-state index in [0.29, 0.717) is 29.2 Å². The van der Waals surface area contributed by atoms with Crippen LogP contribution in [0.25, 0.3) is 5.76 Å². The van der Waals surface area contributed by atoms with Gasteiger partial charge in [-0.1, -0.05) is 19.1 Å². The van der Waals surface area contributed by atoms with Crippen LogP contribution in [0.15, 0.2) is 70.9 Å². The van der Waals surface area contributed by atoms with E-state index in [2.05, 4.69) is 0 Å². The number of hydrogen-bond donors (Lipinski definition) is 1. The number of aryl methyl sites for hydroxylation is 1. The Morgan fingerprint density at radius 2 is 1.91 bits per heavy atom. The van der Waals surface area contributed by atoms with Gasteiger partial charge in [0.1, 0.15) is 29.1 Å². The van der Waals surface area contributed by atoms with Gasteiger partial charge in [0.25, 0.3) is 11.7 Å². The summed E-state index contributed by atoms with van der Waals surface area (Å²) in [4.78, 5) is 27.3. The van der Waals surface area contributed by atoms with Crippen molar-refractivity contribution in [3.05, 3.63) is 94.7 Å². The van der Waals surface area contributed by atoms with Crippen molar-refractivity contribution in [1.82, 2.24) is 4.90 Å². The number of aliphatic hydroxyl groups excluding tert-OH is 1. The van der Waals surface area contributed by atoms with Crippen molar-refractivity contribution < 1.29 is 28.2 Å². The molecule has 1 fully saturated rings. The van der Waals surface area contributed by atoms with Crippen LogP contribution in [0.2, 0.25) is 0 Å². The number of halogens is 1. The van der Waals surface area contributed by atoms with Gasteiger partial charge in [-0.25, -0.2) is 4.39 Å². The molecule has 0 spiro atoms. The van der Waals surface area contributed by atoms with E-state index in [4.69, 9.17) is 9.15 Å². The summed E-state index contributed by atoms with van der Waals surface area (Å²) in [6.45, 7) is 4.48. The second kappa shape index (κ2) is 9.32. The zero-order valence-corrected chi connectivity index (χ0v) is 18.4. The molecular weight excluding hydrogens is 425 g/mol. The lowest BCUT2D eigenvalue weighted by molar-refractivity contribution is -0.140. The number of furan rings is 1. The summed E-state index contributed by atoms with van der Waals surface area (Å²) >= 11 is 0. The van der Waals surface area contributed by atoms with Crippen molar-refractivity contribution in [2.24, 2.45) is 0 Å². The summed E-state index contributed by atoms with van der Waals surface area (Å²) in [5.74, 6) is -1.22. The largest absolute Gasteiger partial charge is 0.507 e. The summed E-state index contributed by atoms with van der Waals surface area (Å²) in [5, 5.41) is 11.1. The summed E-state index contributed by atoms with van der Waals surface area (Å²) in [6.07, 6.45) is 2.30. The molecule has 4 rings (SSSR count). The molecule has 1 unspecified atom stereocenters. The molecule has 2 aromatic carbocycles. The van der Waals surface area contributed by atoms with Gasteiger partial charge < -0.3 is 19.2 Å². The smallest absolute Gasteiger partial charge is 0.296 e. The standard InChI is InChI=1S/C26H24FNO5/c1-3-12-32-20-11-8-18(14-16(20)2)24(29)22-23(21-5-4-13-33-21)28(26(31)25(22)30)15-17-6-9-19(27)10-7-17/h4-11,13-14,23,29H,3,12,15H2,1-2H3/b24-22-. The number of ketones is 1. The predicted octanol–water partition coefficient (Wildman–Crippen LogP) is 5.14. The molecule has 3 aromatic rings. The van der Waals surface area contributed by atoms with E-state index in [-0.39, 0.29) is 17.9 Å². The Morgan fingerprint density at radius 3 is 2.55 bits per heavy atom. The van der Waals surface area contributed by atoms with Crippen molar-refractivity contribution in [2.45, 2.75) is 32.9 Å². The molecule has 0 aliphatic carbocycles. The fraction of sp³-hybridized carbons (Fsp3) is 0.231. The van der Waals surface area contributed by atoms with Crippen molar-refractivity contribution in [3.8, 4) is 5.75 Å². The maximum atomic E-state index is 13.3. The predicted molar refractivity (Wildman–Crippen MR) is 120 cm³/mol. The monoisotopic (exact) mass is 449 g/mol. The number of aliphatic hydroxyl groups is 1. The number of hydrogen-bond acceptors (Lipinski definition) is 5. The first-order valence-corrected chi connectivity index (χ1v) is 10.7. The molecule has 7 heteroatoms. The number of ether oxygens (including phenoxy) is 1. The van der Waals surface area contributed by atoms with Crippen molar-refractivity contribution in [1.29, 1.82) is 0 Å². The van der Waals surface area contributed by atoms with E-state index < -0.39 is 23.5 Å². The van der Waals surface area contributed by atoms with Crippen LogP contribution < -0.4 is 4.74 Å². The highest BCUT2D eigenvalue weighted by molar-refractivity contribution is 6.46. The molecule has 1 saturated heterocycles. The second-order valence-electron chi connectivity index (χ2n) is 7.90. The highest BCUT2D eigenvalue weighted by Gasteiger charge is 2.47. The second-order valence-corrected chi connectivity index (χ2v) is 7.90. The van der Waals surface area contributed by atoms with Crippen LogP contribution in [0.5, 0.6) is 5.75 Å². The van der Waals surface area contributed by atoms with Crippen LogP contribution in [0.3, 0.4) is 0 Å². The van der Waals surface area contributed by atoms with Crippen LogP contribution >= 0.6 is 0 Å². The van der Waals surface area contributed by atoms with Crippen LogP contribution in [0, 0.1) is 12.7 Å². The Bertz CT molecular complexity index is 1200. The Balaban J connectivity index is 1.76. The summed E-state index contributed by atoms with van der Waals surface area (Å²) in [6, 6.07) is 13.2. The molecule has 33 heavy (non-hydrogen) atoms. The highest BCUT2D eigenvalue weighted by Crippen LogP contribution is 2.40. The Morgan fingerprint density at radius 1 is 1.15 bits per heavy atom. The molecule has 6 nitrogen and oxygen atoms in total. The van der Waals surface area contributed by atoms with E-state index in [1.165, 1.54) is 23.3 Å². The first-order valence-electron chi connectivity index (χ1n) is 10.7. The SMILES string of the molecule is CCCOc1ccc(/C(O)=C2/C(=O)C(=O)N(Cc3ccc(F)cc3)C2c2ccco2)cc1C. The van der Waals surface area contributed by atoms with Gasteiger partial charge in [0.05, 0.1) is 18.4 Å². The van der Waals surface area contributed by atoms with Crippen molar-refractivity contribution in [2.75, 3.05) is 6.61 Å². The van der Waals surface area contributed by atoms with E-state index in [9.17, 15) is 19.1 Å². The summed E-state index contributed by atoms with van der Waals surface area (Å²) < 4.78 is 24.5. The third kappa shape index (κ3) is 4.39. The molecule has 1 atom stereocenters. The average Bonchev–Trinajstić information content (AvgIpc) is 3.42. The van der Waals surface area contributed by atoms with Gasteiger partial charge in [-0.2, -0.15) is 0 Å². The molecule has 1 aliphatic rings. The minimum Gasteiger partial charge on any atom is -0.507 e. The van der Waals surface area contributed by atoms with Crippen LogP contribution in [-0.4, -0.2) is 28.3 Å². The van der Waals surface area contributed by atoms with Gasteiger partial charge >= 0.3 is 0 Å². The van der Waals surface area contributed by atoms with Gasteiger partial charge in [-0.3, -0.25) is 9.59 Å². The number of amides is 1. The Kier molecular flexibility index (Phi) is 6.31. The lowest BCUT2D eigenvalue weighted by Crippen LogP contribution is -2.29. The lowest BCUT2D eigenvalue weighted by atomic mass is 9.98. The Labute approximate surface area is 190 Å². The van der Waals surface area contributed by atoms with Crippen LogP contribution in [-0.2, 0) is 16.1 Å². The maximum Gasteiger partial charge on any atom is 0.296 e. The zero-order chi connectivity index (χ0) is 23.5. The number of likely N-dealkylation sites (tertiary alicyclic amines) is 1. The summed E-state index contributed by atoms with van der Waals surface area (Å²) in [7, 11) is 0. The fourth-order valence-corrected chi connectivity index (χ4v) is 3.90. The molecule has 1 aromatic heterocycles. The minimum absolute atomic E-state index is 0.0514. The molecule has 1 amide bonds. The quantitative estimate of drug-likeness (QED) is 0.307. The topological polar surface area (TPSA) is 80.0 Å². The molecule has 0 saturated carbocycles. The molecule has 2 heterocycles. The van der Waals surface area contributed by atoms with E-state index in [1.807, 2.05) is 13.8 Å². The molecule has 170 valence electrons. The number of Topliss-reactive ketones (excluding diaryl/α,β-unsaturated/α-hetero) is 1. The third-order valence-electron chi connectivity index (χ3n) is 5.53. The molecule has 1 aliphatic heterocycles. The van der Waals surface area contributed by atoms with Gasteiger partial charge in [-0.15, -0.1) is 0 Å².